The Kier molecular flexibility index (Phi) is 8.23. The SMILES string of the molecule is Cc1cccc(Oc2ccc(/N=c3\[nH]c(=O)n(CC(O)(CO)CO)c(=O)n3Cc3ccc(Cl)cc3)cc2)n1. The predicted octanol–water partition coefficient (Wildman–Crippen LogP) is 1.48. The number of H-pyrrole nitrogens is 1. The van der Waals surface area contributed by atoms with E-state index in [1.54, 1.807) is 54.6 Å². The summed E-state index contributed by atoms with van der Waals surface area (Å²) in [6.45, 7) is -0.468. The molecule has 0 aliphatic heterocycles. The van der Waals surface area contributed by atoms with Gasteiger partial charge in [0.25, 0.3) is 0 Å². The summed E-state index contributed by atoms with van der Waals surface area (Å²) in [7, 11) is 0. The fourth-order valence-corrected chi connectivity index (χ4v) is 3.67. The molecule has 4 aromatic rings. The molecule has 0 radical (unpaired) electrons. The lowest BCUT2D eigenvalue weighted by molar-refractivity contribution is -0.0676. The van der Waals surface area contributed by atoms with Crippen molar-refractivity contribution in [2.24, 2.45) is 4.99 Å². The lowest BCUT2D eigenvalue weighted by Crippen LogP contribution is -2.55. The molecule has 2 heterocycles. The molecular formula is C26H26ClN5O6. The summed E-state index contributed by atoms with van der Waals surface area (Å²) >= 11 is 5.98. The van der Waals surface area contributed by atoms with Crippen molar-refractivity contribution in [2.45, 2.75) is 25.6 Å². The Bertz CT molecular complexity index is 1590. The van der Waals surface area contributed by atoms with Crippen molar-refractivity contribution in [2.75, 3.05) is 13.2 Å². The zero-order valence-electron chi connectivity index (χ0n) is 20.4. The number of nitrogens with one attached hydrogen (secondary N) is 1. The van der Waals surface area contributed by atoms with Crippen molar-refractivity contribution < 1.29 is 20.1 Å². The third kappa shape index (κ3) is 6.45. The van der Waals surface area contributed by atoms with E-state index in [4.69, 9.17) is 16.3 Å². The van der Waals surface area contributed by atoms with Gasteiger partial charge >= 0.3 is 11.4 Å². The van der Waals surface area contributed by atoms with Crippen LogP contribution in [0, 0.1) is 6.92 Å². The van der Waals surface area contributed by atoms with Crippen molar-refractivity contribution in [3.63, 3.8) is 0 Å². The van der Waals surface area contributed by atoms with Gasteiger partial charge in [-0.25, -0.2) is 24.1 Å². The van der Waals surface area contributed by atoms with Crippen LogP contribution in [0.3, 0.4) is 0 Å². The molecule has 0 saturated heterocycles. The number of halogens is 1. The zero-order chi connectivity index (χ0) is 27.3. The molecule has 0 bridgehead atoms. The second kappa shape index (κ2) is 11.6. The van der Waals surface area contributed by atoms with Crippen LogP contribution in [0.1, 0.15) is 11.3 Å². The lowest BCUT2D eigenvalue weighted by atomic mass is 10.1. The minimum absolute atomic E-state index is 0.0164. The van der Waals surface area contributed by atoms with E-state index in [0.29, 0.717) is 32.5 Å². The number of rotatable bonds is 9. The number of hydrogen-bond donors (Lipinski definition) is 4. The maximum atomic E-state index is 13.4. The van der Waals surface area contributed by atoms with Crippen LogP contribution >= 0.6 is 11.6 Å². The number of hydrogen-bond acceptors (Lipinski definition) is 8. The minimum Gasteiger partial charge on any atom is -0.439 e. The quantitative estimate of drug-likeness (QED) is 0.251. The van der Waals surface area contributed by atoms with Crippen LogP contribution in [0.4, 0.5) is 5.69 Å². The second-order valence-corrected chi connectivity index (χ2v) is 9.14. The first-order valence-electron chi connectivity index (χ1n) is 11.6. The predicted molar refractivity (Wildman–Crippen MR) is 140 cm³/mol. The number of aromatic amines is 1. The standard InChI is InChI=1S/C26H26ClN5O6/c1-17-3-2-4-22(28-17)38-21-11-9-20(10-12-21)29-23-30-24(35)32(14-26(37,15-33)16-34)25(36)31(23)13-18-5-7-19(27)8-6-18/h2-12,33-34,37H,13-16H2,1H3,(H,29,30,35). The van der Waals surface area contributed by atoms with Gasteiger partial charge in [-0.2, -0.15) is 0 Å². The van der Waals surface area contributed by atoms with E-state index >= 15 is 0 Å². The van der Waals surface area contributed by atoms with E-state index < -0.39 is 36.7 Å². The third-order valence-electron chi connectivity index (χ3n) is 5.63. The molecule has 0 aliphatic carbocycles. The molecule has 12 heteroatoms. The van der Waals surface area contributed by atoms with Crippen LogP contribution in [0.5, 0.6) is 11.6 Å². The summed E-state index contributed by atoms with van der Waals surface area (Å²) in [5.41, 5.74) is -1.85. The van der Waals surface area contributed by atoms with Gasteiger partial charge in [0.15, 0.2) is 0 Å². The number of pyridine rings is 1. The van der Waals surface area contributed by atoms with Gasteiger partial charge in [0.2, 0.25) is 11.5 Å². The molecule has 2 aromatic carbocycles. The number of ether oxygens (including phenoxy) is 1. The first-order valence-corrected chi connectivity index (χ1v) is 12.0. The third-order valence-corrected chi connectivity index (χ3v) is 5.89. The fourth-order valence-electron chi connectivity index (χ4n) is 3.55. The molecule has 0 spiro atoms. The molecule has 11 nitrogen and oxygen atoms in total. The Hall–Kier alpha value is -4.03. The average molecular weight is 540 g/mol. The highest BCUT2D eigenvalue weighted by atomic mass is 35.5. The highest BCUT2D eigenvalue weighted by molar-refractivity contribution is 6.30. The summed E-state index contributed by atoms with van der Waals surface area (Å²) in [6, 6.07) is 18.8. The van der Waals surface area contributed by atoms with Crippen molar-refractivity contribution in [1.29, 1.82) is 0 Å². The molecule has 4 rings (SSSR count). The maximum absolute atomic E-state index is 13.4. The molecule has 0 atom stereocenters. The molecule has 2 aromatic heterocycles. The second-order valence-electron chi connectivity index (χ2n) is 8.70. The van der Waals surface area contributed by atoms with Crippen molar-refractivity contribution in [1.82, 2.24) is 19.1 Å². The van der Waals surface area contributed by atoms with E-state index in [2.05, 4.69) is 15.0 Å². The Labute approximate surface area is 221 Å². The Morgan fingerprint density at radius 1 is 1.00 bits per heavy atom. The van der Waals surface area contributed by atoms with Gasteiger partial charge in [-0.3, -0.25) is 9.55 Å². The number of aliphatic hydroxyl groups excluding tert-OH is 2. The van der Waals surface area contributed by atoms with Gasteiger partial charge in [-0.1, -0.05) is 29.8 Å². The molecule has 4 N–H and O–H groups in total. The topological polar surface area (TPSA) is 155 Å². The van der Waals surface area contributed by atoms with Crippen molar-refractivity contribution in [3.8, 4) is 11.6 Å². The van der Waals surface area contributed by atoms with Gasteiger partial charge < -0.3 is 20.1 Å². The van der Waals surface area contributed by atoms with Gasteiger partial charge in [0.05, 0.1) is 32.0 Å². The van der Waals surface area contributed by atoms with Crippen LogP contribution in [0.15, 0.2) is 81.3 Å². The Morgan fingerprint density at radius 2 is 1.68 bits per heavy atom. The lowest BCUT2D eigenvalue weighted by Gasteiger charge is -2.23. The largest absolute Gasteiger partial charge is 0.439 e. The van der Waals surface area contributed by atoms with Crippen LogP contribution in [-0.4, -0.2) is 53.2 Å². The van der Waals surface area contributed by atoms with Gasteiger partial charge in [-0.15, -0.1) is 0 Å². The van der Waals surface area contributed by atoms with E-state index in [-0.39, 0.29) is 12.2 Å². The molecule has 198 valence electrons. The number of aryl methyl sites for hydroxylation is 1. The highest BCUT2D eigenvalue weighted by Crippen LogP contribution is 2.22. The van der Waals surface area contributed by atoms with Crippen LogP contribution in [0.2, 0.25) is 5.02 Å². The Balaban J connectivity index is 1.75. The van der Waals surface area contributed by atoms with Crippen molar-refractivity contribution in [3.05, 3.63) is 110 Å². The van der Waals surface area contributed by atoms with E-state index in [1.807, 2.05) is 19.1 Å². The summed E-state index contributed by atoms with van der Waals surface area (Å²) in [5.74, 6) is 0.960. The fraction of sp³-hybridized carbons (Fsp3) is 0.231. The normalized spacial score (nSPS) is 12.1. The number of nitrogens with zero attached hydrogens (tertiary/aromatic N) is 4. The zero-order valence-corrected chi connectivity index (χ0v) is 21.2. The summed E-state index contributed by atoms with van der Waals surface area (Å²) in [4.78, 5) is 37.5. The summed E-state index contributed by atoms with van der Waals surface area (Å²) < 4.78 is 7.66. The first kappa shape index (κ1) is 27.0. The van der Waals surface area contributed by atoms with Gasteiger partial charge in [0.1, 0.15) is 11.4 Å². The Morgan fingerprint density at radius 3 is 2.32 bits per heavy atom. The van der Waals surface area contributed by atoms with Gasteiger partial charge in [-0.05, 0) is 55.0 Å². The molecular weight excluding hydrogens is 514 g/mol. The monoisotopic (exact) mass is 539 g/mol. The van der Waals surface area contributed by atoms with E-state index in [1.165, 1.54) is 4.57 Å². The van der Waals surface area contributed by atoms with Crippen LogP contribution < -0.4 is 21.7 Å². The van der Waals surface area contributed by atoms with E-state index in [0.717, 1.165) is 5.69 Å². The molecule has 0 unspecified atom stereocenters. The molecule has 0 amide bonds. The number of aliphatic hydroxyl groups is 3. The molecule has 0 fully saturated rings. The van der Waals surface area contributed by atoms with Crippen molar-refractivity contribution >= 4 is 17.3 Å². The number of aromatic nitrogens is 4. The van der Waals surface area contributed by atoms with Gasteiger partial charge in [0, 0.05) is 16.8 Å². The molecule has 0 saturated carbocycles. The molecule has 38 heavy (non-hydrogen) atoms. The summed E-state index contributed by atoms with van der Waals surface area (Å²) in [5, 5.41) is 29.7. The maximum Gasteiger partial charge on any atom is 0.335 e. The first-order chi connectivity index (χ1) is 18.2. The smallest absolute Gasteiger partial charge is 0.335 e. The van der Waals surface area contributed by atoms with Crippen LogP contribution in [0.25, 0.3) is 0 Å². The average Bonchev–Trinajstić information content (AvgIpc) is 2.91. The highest BCUT2D eigenvalue weighted by Gasteiger charge is 2.28. The number of benzene rings is 2. The minimum atomic E-state index is -2.07. The van der Waals surface area contributed by atoms with E-state index in [9.17, 15) is 24.9 Å². The van der Waals surface area contributed by atoms with Crippen LogP contribution in [-0.2, 0) is 13.1 Å². The molecule has 0 aliphatic rings. The summed E-state index contributed by atoms with van der Waals surface area (Å²) in [6.07, 6.45) is 0.